The third-order valence-electron chi connectivity index (χ3n) is 4.42. The Balaban J connectivity index is 1.89. The maximum absolute atomic E-state index is 10.3. The van der Waals surface area contributed by atoms with Gasteiger partial charge in [-0.05, 0) is 31.2 Å². The quantitative estimate of drug-likeness (QED) is 0.803. The van der Waals surface area contributed by atoms with Gasteiger partial charge in [-0.2, -0.15) is 0 Å². The Labute approximate surface area is 103 Å². The Bertz CT molecular complexity index is 415. The van der Waals surface area contributed by atoms with Crippen molar-refractivity contribution in [3.05, 3.63) is 29.8 Å². The Morgan fingerprint density at radius 1 is 1.35 bits per heavy atom. The van der Waals surface area contributed by atoms with Crippen molar-refractivity contribution in [2.45, 2.75) is 50.7 Å². The van der Waals surface area contributed by atoms with Gasteiger partial charge in [-0.15, -0.1) is 0 Å². The van der Waals surface area contributed by atoms with Crippen LogP contribution in [0, 0.1) is 5.92 Å². The highest BCUT2D eigenvalue weighted by atomic mass is 16.5. The molecule has 0 saturated heterocycles. The van der Waals surface area contributed by atoms with Gasteiger partial charge in [0.05, 0.1) is 6.10 Å². The molecule has 1 N–H and O–H groups in total. The molecule has 1 aliphatic carbocycles. The molecule has 0 aromatic heterocycles. The molecule has 1 heterocycles. The minimum Gasteiger partial charge on any atom is -0.487 e. The van der Waals surface area contributed by atoms with Crippen LogP contribution >= 0.6 is 0 Å². The normalized spacial score (nSPS) is 35.6. The van der Waals surface area contributed by atoms with Crippen LogP contribution in [0.4, 0.5) is 0 Å². The number of hydrogen-bond acceptors (Lipinski definition) is 2. The topological polar surface area (TPSA) is 29.5 Å². The number of fused-ring (bicyclic) bond motifs is 1. The minimum atomic E-state index is -0.351. The third kappa shape index (κ3) is 1.85. The van der Waals surface area contributed by atoms with Crippen LogP contribution in [0.3, 0.4) is 0 Å². The van der Waals surface area contributed by atoms with Gasteiger partial charge in [0.2, 0.25) is 0 Å². The number of hydrogen-bond donors (Lipinski definition) is 1. The second-order valence-electron chi connectivity index (χ2n) is 5.56. The van der Waals surface area contributed by atoms with E-state index >= 15 is 0 Å². The molecular formula is C15H20O2. The molecule has 1 fully saturated rings. The SMILES string of the molecule is CCC1CCC2(C1)C[C@H](O)c1ccccc1O2. The van der Waals surface area contributed by atoms with E-state index in [1.54, 1.807) is 0 Å². The lowest BCUT2D eigenvalue weighted by Crippen LogP contribution is -2.38. The van der Waals surface area contributed by atoms with E-state index < -0.39 is 0 Å². The van der Waals surface area contributed by atoms with Gasteiger partial charge in [0.25, 0.3) is 0 Å². The van der Waals surface area contributed by atoms with E-state index in [4.69, 9.17) is 4.74 Å². The van der Waals surface area contributed by atoms with Crippen LogP contribution in [0.5, 0.6) is 5.75 Å². The van der Waals surface area contributed by atoms with E-state index in [-0.39, 0.29) is 11.7 Å². The Kier molecular flexibility index (Phi) is 2.62. The lowest BCUT2D eigenvalue weighted by molar-refractivity contribution is -0.0121. The van der Waals surface area contributed by atoms with Gasteiger partial charge in [0.15, 0.2) is 0 Å². The van der Waals surface area contributed by atoms with Crippen molar-refractivity contribution in [1.29, 1.82) is 0 Å². The molecular weight excluding hydrogens is 212 g/mol. The first-order valence-electron chi connectivity index (χ1n) is 6.68. The molecule has 3 atom stereocenters. The second kappa shape index (κ2) is 4.02. The first-order chi connectivity index (χ1) is 8.22. The molecule has 1 aromatic rings. The molecule has 1 aromatic carbocycles. The Morgan fingerprint density at radius 2 is 2.18 bits per heavy atom. The predicted molar refractivity (Wildman–Crippen MR) is 67.0 cm³/mol. The lowest BCUT2D eigenvalue weighted by atomic mass is 9.86. The van der Waals surface area contributed by atoms with Crippen molar-refractivity contribution >= 4 is 0 Å². The van der Waals surface area contributed by atoms with Gasteiger partial charge in [0, 0.05) is 12.0 Å². The van der Waals surface area contributed by atoms with Crippen LogP contribution in [-0.4, -0.2) is 10.7 Å². The average molecular weight is 232 g/mol. The molecule has 2 aliphatic rings. The van der Waals surface area contributed by atoms with Gasteiger partial charge < -0.3 is 9.84 Å². The Morgan fingerprint density at radius 3 is 2.94 bits per heavy atom. The molecule has 0 radical (unpaired) electrons. The molecule has 3 rings (SSSR count). The largest absolute Gasteiger partial charge is 0.487 e. The summed E-state index contributed by atoms with van der Waals surface area (Å²) in [4.78, 5) is 0. The molecule has 2 unspecified atom stereocenters. The minimum absolute atomic E-state index is 0.0888. The fraction of sp³-hybridized carbons (Fsp3) is 0.600. The summed E-state index contributed by atoms with van der Waals surface area (Å²) in [7, 11) is 0. The van der Waals surface area contributed by atoms with Gasteiger partial charge >= 0.3 is 0 Å². The first-order valence-corrected chi connectivity index (χ1v) is 6.68. The van der Waals surface area contributed by atoms with Crippen LogP contribution in [0.15, 0.2) is 24.3 Å². The third-order valence-corrected chi connectivity index (χ3v) is 4.42. The predicted octanol–water partition coefficient (Wildman–Crippen LogP) is 3.45. The van der Waals surface area contributed by atoms with E-state index in [1.807, 2.05) is 24.3 Å². The van der Waals surface area contributed by atoms with Gasteiger partial charge in [-0.1, -0.05) is 31.5 Å². The maximum atomic E-state index is 10.3. The zero-order valence-electron chi connectivity index (χ0n) is 10.4. The molecule has 1 aliphatic heterocycles. The summed E-state index contributed by atoms with van der Waals surface area (Å²) in [5, 5.41) is 10.3. The van der Waals surface area contributed by atoms with Gasteiger partial charge in [-0.25, -0.2) is 0 Å². The smallest absolute Gasteiger partial charge is 0.125 e. The molecule has 92 valence electrons. The van der Waals surface area contributed by atoms with Crippen LogP contribution in [0.1, 0.15) is 50.7 Å². The summed E-state index contributed by atoms with van der Waals surface area (Å²) in [6.07, 6.45) is 5.08. The van der Waals surface area contributed by atoms with Crippen molar-refractivity contribution in [3.63, 3.8) is 0 Å². The second-order valence-corrected chi connectivity index (χ2v) is 5.56. The fourth-order valence-corrected chi connectivity index (χ4v) is 3.41. The van der Waals surface area contributed by atoms with Crippen molar-refractivity contribution < 1.29 is 9.84 Å². The first kappa shape index (κ1) is 11.1. The molecule has 0 bridgehead atoms. The zero-order valence-corrected chi connectivity index (χ0v) is 10.4. The zero-order chi connectivity index (χ0) is 11.9. The van der Waals surface area contributed by atoms with E-state index in [0.717, 1.165) is 36.5 Å². The summed E-state index contributed by atoms with van der Waals surface area (Å²) in [6, 6.07) is 7.90. The van der Waals surface area contributed by atoms with Gasteiger partial charge in [0.1, 0.15) is 11.4 Å². The van der Waals surface area contributed by atoms with Crippen LogP contribution in [0.25, 0.3) is 0 Å². The molecule has 1 spiro atoms. The van der Waals surface area contributed by atoms with Crippen molar-refractivity contribution in [2.75, 3.05) is 0 Å². The maximum Gasteiger partial charge on any atom is 0.125 e. The van der Waals surface area contributed by atoms with Crippen molar-refractivity contribution in [2.24, 2.45) is 5.92 Å². The summed E-state index contributed by atoms with van der Waals surface area (Å²) >= 11 is 0. The number of aliphatic hydroxyl groups excluding tert-OH is 1. The highest BCUT2D eigenvalue weighted by Crippen LogP contribution is 2.49. The molecule has 1 saturated carbocycles. The number of para-hydroxylation sites is 1. The summed E-state index contributed by atoms with van der Waals surface area (Å²) in [5.74, 6) is 1.66. The van der Waals surface area contributed by atoms with Crippen LogP contribution in [0.2, 0.25) is 0 Å². The Hall–Kier alpha value is -1.02. The monoisotopic (exact) mass is 232 g/mol. The van der Waals surface area contributed by atoms with E-state index in [9.17, 15) is 5.11 Å². The standard InChI is InChI=1S/C15H20O2/c1-2-11-7-8-15(9-11)10-13(16)12-5-3-4-6-14(12)17-15/h3-6,11,13,16H,2,7-10H2,1H3/t11?,13-,15?/m0/s1. The highest BCUT2D eigenvalue weighted by molar-refractivity contribution is 5.38. The number of rotatable bonds is 1. The molecule has 0 amide bonds. The summed E-state index contributed by atoms with van der Waals surface area (Å²) < 4.78 is 6.22. The summed E-state index contributed by atoms with van der Waals surface area (Å²) in [5.41, 5.74) is 0.868. The number of ether oxygens (including phenoxy) is 1. The van der Waals surface area contributed by atoms with E-state index in [2.05, 4.69) is 6.92 Å². The van der Waals surface area contributed by atoms with E-state index in [0.29, 0.717) is 0 Å². The molecule has 2 heteroatoms. The van der Waals surface area contributed by atoms with Crippen molar-refractivity contribution in [3.8, 4) is 5.75 Å². The summed E-state index contributed by atoms with van der Waals surface area (Å²) in [6.45, 7) is 2.25. The van der Waals surface area contributed by atoms with Crippen molar-refractivity contribution in [1.82, 2.24) is 0 Å². The fourth-order valence-electron chi connectivity index (χ4n) is 3.41. The van der Waals surface area contributed by atoms with Crippen LogP contribution < -0.4 is 4.74 Å². The number of aliphatic hydroxyl groups is 1. The molecule has 17 heavy (non-hydrogen) atoms. The van der Waals surface area contributed by atoms with E-state index in [1.165, 1.54) is 12.8 Å². The lowest BCUT2D eigenvalue weighted by Gasteiger charge is -2.38. The number of benzene rings is 1. The highest BCUT2D eigenvalue weighted by Gasteiger charge is 2.45. The van der Waals surface area contributed by atoms with Crippen LogP contribution in [-0.2, 0) is 0 Å². The molecule has 2 nitrogen and oxygen atoms in total. The average Bonchev–Trinajstić information content (AvgIpc) is 2.72. The van der Waals surface area contributed by atoms with Gasteiger partial charge in [-0.3, -0.25) is 0 Å².